The van der Waals surface area contributed by atoms with Crippen molar-refractivity contribution in [3.8, 4) is 5.75 Å². The Hall–Kier alpha value is -2.07. The number of hydrogen-bond donors (Lipinski definition) is 1. The van der Waals surface area contributed by atoms with Crippen molar-refractivity contribution >= 4 is 27.4 Å². The number of methoxy groups -OCH3 is 1. The lowest BCUT2D eigenvalue weighted by Gasteiger charge is -2.35. The molecule has 0 spiro atoms. The van der Waals surface area contributed by atoms with Crippen LogP contribution in [0, 0.1) is 0 Å². The number of allylic oxidation sites excluding steroid dienone is 1. The smallest absolute Gasteiger partial charge is 0.191 e. The summed E-state index contributed by atoms with van der Waals surface area (Å²) < 4.78 is 6.36. The molecule has 3 nitrogen and oxygen atoms in total. The molecule has 1 aliphatic heterocycles. The van der Waals surface area contributed by atoms with E-state index < -0.39 is 0 Å². The number of nitrogens with one attached hydrogen (secondary N) is 1. The summed E-state index contributed by atoms with van der Waals surface area (Å²) in [5.41, 5.74) is 3.61. The van der Waals surface area contributed by atoms with E-state index in [2.05, 4.69) is 41.2 Å². The third-order valence-corrected chi connectivity index (χ3v) is 4.60. The number of halogens is 1. The maximum atomic E-state index is 12.8. The SMILES string of the molecule is COc1ccccc1C(=O)C=C1NC(C)(C)Cc2cc(Br)ccc21. The van der Waals surface area contributed by atoms with Crippen LogP contribution in [0.4, 0.5) is 0 Å². The third-order valence-electron chi connectivity index (χ3n) is 4.11. The average molecular weight is 386 g/mol. The molecule has 24 heavy (non-hydrogen) atoms. The lowest BCUT2D eigenvalue weighted by molar-refractivity contribution is 0.104. The van der Waals surface area contributed by atoms with E-state index in [9.17, 15) is 4.79 Å². The summed E-state index contributed by atoms with van der Waals surface area (Å²) in [4.78, 5) is 12.8. The second kappa shape index (κ2) is 6.44. The topological polar surface area (TPSA) is 38.3 Å². The van der Waals surface area contributed by atoms with Gasteiger partial charge in [-0.05, 0) is 50.1 Å². The van der Waals surface area contributed by atoms with Gasteiger partial charge in [0.15, 0.2) is 5.78 Å². The molecule has 2 aromatic carbocycles. The Balaban J connectivity index is 2.05. The molecule has 0 aliphatic carbocycles. The molecule has 0 fully saturated rings. The Morgan fingerprint density at radius 1 is 1.25 bits per heavy atom. The highest BCUT2D eigenvalue weighted by Crippen LogP contribution is 2.32. The summed E-state index contributed by atoms with van der Waals surface area (Å²) in [5, 5.41) is 3.49. The zero-order valence-corrected chi connectivity index (χ0v) is 15.6. The van der Waals surface area contributed by atoms with E-state index in [-0.39, 0.29) is 11.3 Å². The van der Waals surface area contributed by atoms with Crippen LogP contribution in [-0.2, 0) is 6.42 Å². The van der Waals surface area contributed by atoms with Crippen LogP contribution in [0.3, 0.4) is 0 Å². The monoisotopic (exact) mass is 385 g/mol. The van der Waals surface area contributed by atoms with Gasteiger partial charge in [-0.25, -0.2) is 0 Å². The first-order valence-electron chi connectivity index (χ1n) is 7.86. The number of para-hydroxylation sites is 1. The molecule has 0 aromatic heterocycles. The Morgan fingerprint density at radius 3 is 2.75 bits per heavy atom. The molecule has 4 heteroatoms. The van der Waals surface area contributed by atoms with Crippen molar-refractivity contribution < 1.29 is 9.53 Å². The number of fused-ring (bicyclic) bond motifs is 1. The zero-order valence-electron chi connectivity index (χ0n) is 14.0. The van der Waals surface area contributed by atoms with Crippen LogP contribution in [0.1, 0.15) is 35.3 Å². The van der Waals surface area contributed by atoms with Crippen molar-refractivity contribution in [2.45, 2.75) is 25.8 Å². The molecule has 1 heterocycles. The first-order chi connectivity index (χ1) is 11.4. The molecule has 124 valence electrons. The van der Waals surface area contributed by atoms with E-state index >= 15 is 0 Å². The molecular formula is C20H20BrNO2. The Kier molecular flexibility index (Phi) is 4.50. The Bertz CT molecular complexity index is 824. The minimum Gasteiger partial charge on any atom is -0.496 e. The average Bonchev–Trinajstić information content (AvgIpc) is 2.53. The molecule has 1 N–H and O–H groups in total. The second-order valence-corrected chi connectivity index (χ2v) is 7.53. The van der Waals surface area contributed by atoms with Crippen molar-refractivity contribution in [2.75, 3.05) is 7.11 Å². The number of rotatable bonds is 3. The van der Waals surface area contributed by atoms with Gasteiger partial charge in [0, 0.05) is 27.3 Å². The summed E-state index contributed by atoms with van der Waals surface area (Å²) in [6, 6.07) is 13.5. The minimum absolute atomic E-state index is 0.0680. The molecule has 0 unspecified atom stereocenters. The number of carbonyl (C=O) groups excluding carboxylic acids is 1. The normalized spacial score (nSPS) is 17.1. The van der Waals surface area contributed by atoms with Gasteiger partial charge in [0.05, 0.1) is 12.7 Å². The number of ether oxygens (including phenoxy) is 1. The first kappa shape index (κ1) is 16.8. The molecule has 3 rings (SSSR count). The zero-order chi connectivity index (χ0) is 17.3. The van der Waals surface area contributed by atoms with Crippen molar-refractivity contribution in [1.82, 2.24) is 5.32 Å². The van der Waals surface area contributed by atoms with E-state index in [1.807, 2.05) is 24.3 Å². The maximum absolute atomic E-state index is 12.8. The van der Waals surface area contributed by atoms with Crippen LogP contribution in [0.5, 0.6) is 5.75 Å². The maximum Gasteiger partial charge on any atom is 0.191 e. The Labute approximate surface area is 150 Å². The van der Waals surface area contributed by atoms with Gasteiger partial charge in [0.2, 0.25) is 0 Å². The number of hydrogen-bond acceptors (Lipinski definition) is 3. The number of carbonyl (C=O) groups is 1. The Morgan fingerprint density at radius 2 is 2.00 bits per heavy atom. The standard InChI is InChI=1S/C20H20BrNO2/c1-20(2)12-13-10-14(21)8-9-15(13)17(22-20)11-18(23)16-6-4-5-7-19(16)24-3/h4-11,22H,12H2,1-3H3. The van der Waals surface area contributed by atoms with Gasteiger partial charge in [-0.2, -0.15) is 0 Å². The van der Waals surface area contributed by atoms with Crippen LogP contribution in [-0.4, -0.2) is 18.4 Å². The highest BCUT2D eigenvalue weighted by atomic mass is 79.9. The predicted octanol–water partition coefficient (Wildman–Crippen LogP) is 4.61. The number of benzene rings is 2. The molecule has 0 atom stereocenters. The first-order valence-corrected chi connectivity index (χ1v) is 8.65. The van der Waals surface area contributed by atoms with Gasteiger partial charge in [-0.1, -0.05) is 34.1 Å². The molecule has 1 aliphatic rings. The van der Waals surface area contributed by atoms with Crippen molar-refractivity contribution in [1.29, 1.82) is 0 Å². The highest BCUT2D eigenvalue weighted by molar-refractivity contribution is 9.10. The fourth-order valence-electron chi connectivity index (χ4n) is 3.09. The third kappa shape index (κ3) is 3.39. The van der Waals surface area contributed by atoms with E-state index in [4.69, 9.17) is 4.74 Å². The van der Waals surface area contributed by atoms with Gasteiger partial charge >= 0.3 is 0 Å². The molecule has 0 radical (unpaired) electrons. The molecular weight excluding hydrogens is 366 g/mol. The predicted molar refractivity (Wildman–Crippen MR) is 100 cm³/mol. The second-order valence-electron chi connectivity index (χ2n) is 6.61. The fourth-order valence-corrected chi connectivity index (χ4v) is 3.50. The molecule has 0 amide bonds. The summed E-state index contributed by atoms with van der Waals surface area (Å²) >= 11 is 3.53. The van der Waals surface area contributed by atoms with Gasteiger partial charge in [-0.15, -0.1) is 0 Å². The number of ketones is 1. The van der Waals surface area contributed by atoms with E-state index in [1.165, 1.54) is 5.56 Å². The van der Waals surface area contributed by atoms with Gasteiger partial charge in [0.1, 0.15) is 5.75 Å². The summed E-state index contributed by atoms with van der Waals surface area (Å²) in [6.07, 6.45) is 2.58. The van der Waals surface area contributed by atoms with Crippen LogP contribution in [0.25, 0.3) is 5.70 Å². The highest BCUT2D eigenvalue weighted by Gasteiger charge is 2.28. The van der Waals surface area contributed by atoms with Gasteiger partial charge in [-0.3, -0.25) is 4.79 Å². The van der Waals surface area contributed by atoms with Gasteiger partial charge < -0.3 is 10.1 Å². The van der Waals surface area contributed by atoms with Crippen molar-refractivity contribution in [3.63, 3.8) is 0 Å². The fraction of sp³-hybridized carbons (Fsp3) is 0.250. The summed E-state index contributed by atoms with van der Waals surface area (Å²) in [6.45, 7) is 4.27. The lowest BCUT2D eigenvalue weighted by Crippen LogP contribution is -2.43. The van der Waals surface area contributed by atoms with Crippen molar-refractivity contribution in [3.05, 3.63) is 69.7 Å². The van der Waals surface area contributed by atoms with Gasteiger partial charge in [0.25, 0.3) is 0 Å². The minimum atomic E-state index is -0.110. The molecule has 0 saturated heterocycles. The molecule has 0 bridgehead atoms. The summed E-state index contributed by atoms with van der Waals surface area (Å²) in [5.74, 6) is 0.520. The van der Waals surface area contributed by atoms with Crippen LogP contribution in [0.2, 0.25) is 0 Å². The van der Waals surface area contributed by atoms with Crippen LogP contribution < -0.4 is 10.1 Å². The quantitative estimate of drug-likeness (QED) is 0.619. The molecule has 0 saturated carbocycles. The lowest BCUT2D eigenvalue weighted by atomic mass is 9.85. The van der Waals surface area contributed by atoms with E-state index in [0.717, 1.165) is 22.2 Å². The summed E-state index contributed by atoms with van der Waals surface area (Å²) in [7, 11) is 1.58. The van der Waals surface area contributed by atoms with E-state index in [1.54, 1.807) is 25.3 Å². The largest absolute Gasteiger partial charge is 0.496 e. The van der Waals surface area contributed by atoms with Crippen LogP contribution in [0.15, 0.2) is 53.0 Å². The van der Waals surface area contributed by atoms with Crippen molar-refractivity contribution in [2.24, 2.45) is 0 Å². The molecule has 2 aromatic rings. The van der Waals surface area contributed by atoms with E-state index in [0.29, 0.717) is 11.3 Å². The van der Waals surface area contributed by atoms with Crippen LogP contribution >= 0.6 is 15.9 Å².